The summed E-state index contributed by atoms with van der Waals surface area (Å²) in [5, 5.41) is 8.63. The van der Waals surface area contributed by atoms with E-state index in [1.54, 1.807) is 6.08 Å². The van der Waals surface area contributed by atoms with Gasteiger partial charge in [-0.15, -0.1) is 0 Å². The van der Waals surface area contributed by atoms with Gasteiger partial charge in [-0.25, -0.2) is 4.79 Å². The molecule has 0 amide bonds. The van der Waals surface area contributed by atoms with Crippen LogP contribution in [0, 0.1) is 13.8 Å². The molecule has 2 rings (SSSR count). The predicted molar refractivity (Wildman–Crippen MR) is 83.4 cm³/mol. The number of carboxylic acid groups (broad SMARTS) is 1. The van der Waals surface area contributed by atoms with Crippen LogP contribution in [0.3, 0.4) is 0 Å². The highest BCUT2D eigenvalue weighted by molar-refractivity contribution is 5.85. The van der Waals surface area contributed by atoms with Gasteiger partial charge in [0.1, 0.15) is 12.4 Å². The molecule has 0 aliphatic rings. The zero-order chi connectivity index (χ0) is 15.2. The summed E-state index contributed by atoms with van der Waals surface area (Å²) in [6, 6.07) is 13.7. The first-order chi connectivity index (χ1) is 10.0. The minimum atomic E-state index is -0.961. The second-order valence-corrected chi connectivity index (χ2v) is 4.96. The van der Waals surface area contributed by atoms with Gasteiger partial charge in [-0.2, -0.15) is 0 Å². The molecule has 1 N–H and O–H groups in total. The molecule has 0 bridgehead atoms. The average molecular weight is 282 g/mol. The summed E-state index contributed by atoms with van der Waals surface area (Å²) >= 11 is 0. The third-order valence-corrected chi connectivity index (χ3v) is 3.18. The molecular weight excluding hydrogens is 264 g/mol. The Morgan fingerprint density at radius 3 is 2.76 bits per heavy atom. The van der Waals surface area contributed by atoms with Crippen LogP contribution in [0.1, 0.15) is 22.3 Å². The van der Waals surface area contributed by atoms with Crippen LogP contribution in [0.5, 0.6) is 5.75 Å². The standard InChI is InChI=1S/C18H18O3/c1-13-6-7-14(2)16(10-13)12-21-17-5-3-4-15(11-17)8-9-18(19)20/h3-11H,12H2,1-2H3,(H,19,20). The molecule has 0 aromatic heterocycles. The first-order valence-electron chi connectivity index (χ1n) is 6.74. The normalized spacial score (nSPS) is 10.8. The highest BCUT2D eigenvalue weighted by Gasteiger charge is 2.01. The summed E-state index contributed by atoms with van der Waals surface area (Å²) in [4.78, 5) is 10.5. The number of hydrogen-bond acceptors (Lipinski definition) is 2. The van der Waals surface area contributed by atoms with Crippen molar-refractivity contribution in [3.05, 3.63) is 70.8 Å². The molecule has 0 heterocycles. The van der Waals surface area contributed by atoms with E-state index in [-0.39, 0.29) is 0 Å². The van der Waals surface area contributed by atoms with Gasteiger partial charge in [-0.05, 0) is 48.7 Å². The van der Waals surface area contributed by atoms with E-state index in [1.165, 1.54) is 11.1 Å². The van der Waals surface area contributed by atoms with Crippen molar-refractivity contribution in [2.75, 3.05) is 0 Å². The summed E-state index contributed by atoms with van der Waals surface area (Å²) in [5.41, 5.74) is 4.36. The van der Waals surface area contributed by atoms with Crippen molar-refractivity contribution in [3.8, 4) is 5.75 Å². The number of ether oxygens (including phenoxy) is 1. The van der Waals surface area contributed by atoms with Crippen molar-refractivity contribution in [2.24, 2.45) is 0 Å². The number of carbonyl (C=O) groups is 1. The van der Waals surface area contributed by atoms with E-state index in [1.807, 2.05) is 24.3 Å². The molecular formula is C18H18O3. The van der Waals surface area contributed by atoms with Gasteiger partial charge in [0.25, 0.3) is 0 Å². The molecule has 3 heteroatoms. The van der Waals surface area contributed by atoms with Crippen LogP contribution in [0.25, 0.3) is 6.08 Å². The van der Waals surface area contributed by atoms with E-state index in [0.717, 1.165) is 23.0 Å². The quantitative estimate of drug-likeness (QED) is 0.844. The Labute approximate surface area is 124 Å². The van der Waals surface area contributed by atoms with Crippen molar-refractivity contribution in [3.63, 3.8) is 0 Å². The lowest BCUT2D eigenvalue weighted by atomic mass is 10.1. The van der Waals surface area contributed by atoms with E-state index in [9.17, 15) is 4.79 Å². The Morgan fingerprint density at radius 2 is 2.00 bits per heavy atom. The summed E-state index contributed by atoms with van der Waals surface area (Å²) in [7, 11) is 0. The van der Waals surface area contributed by atoms with Crippen molar-refractivity contribution in [1.29, 1.82) is 0 Å². The first-order valence-corrected chi connectivity index (χ1v) is 6.74. The van der Waals surface area contributed by atoms with Crippen molar-refractivity contribution in [2.45, 2.75) is 20.5 Å². The fraction of sp³-hybridized carbons (Fsp3) is 0.167. The van der Waals surface area contributed by atoms with Crippen LogP contribution >= 0.6 is 0 Å². The monoisotopic (exact) mass is 282 g/mol. The summed E-state index contributed by atoms with van der Waals surface area (Å²) in [6.45, 7) is 4.62. The molecule has 0 unspecified atom stereocenters. The predicted octanol–water partition coefficient (Wildman–Crippen LogP) is 3.98. The van der Waals surface area contributed by atoms with E-state index in [4.69, 9.17) is 9.84 Å². The number of rotatable bonds is 5. The number of carboxylic acids is 1. The lowest BCUT2D eigenvalue weighted by Crippen LogP contribution is -1.98. The molecule has 108 valence electrons. The molecule has 21 heavy (non-hydrogen) atoms. The lowest BCUT2D eigenvalue weighted by molar-refractivity contribution is -0.131. The Hall–Kier alpha value is -2.55. The van der Waals surface area contributed by atoms with Gasteiger partial charge in [0.05, 0.1) is 0 Å². The highest BCUT2D eigenvalue weighted by Crippen LogP contribution is 2.18. The first kappa shape index (κ1) is 14.9. The van der Waals surface area contributed by atoms with Crippen LogP contribution in [0.4, 0.5) is 0 Å². The van der Waals surface area contributed by atoms with Gasteiger partial charge in [-0.3, -0.25) is 0 Å². The minimum Gasteiger partial charge on any atom is -0.489 e. The van der Waals surface area contributed by atoms with Gasteiger partial charge in [0.15, 0.2) is 0 Å². The van der Waals surface area contributed by atoms with Crippen molar-refractivity contribution >= 4 is 12.0 Å². The SMILES string of the molecule is Cc1ccc(C)c(COc2cccc(C=CC(=O)O)c2)c1. The number of hydrogen-bond donors (Lipinski definition) is 1. The average Bonchev–Trinajstić information content (AvgIpc) is 2.46. The molecule has 2 aromatic rings. The Kier molecular flexibility index (Phi) is 4.77. The second kappa shape index (κ2) is 6.75. The van der Waals surface area contributed by atoms with Gasteiger partial charge < -0.3 is 9.84 Å². The third-order valence-electron chi connectivity index (χ3n) is 3.18. The van der Waals surface area contributed by atoms with Crippen LogP contribution < -0.4 is 4.74 Å². The van der Waals surface area contributed by atoms with E-state index >= 15 is 0 Å². The summed E-state index contributed by atoms with van der Waals surface area (Å²) < 4.78 is 5.79. The topological polar surface area (TPSA) is 46.5 Å². The molecule has 0 spiro atoms. The van der Waals surface area contributed by atoms with Crippen LogP contribution in [0.15, 0.2) is 48.5 Å². The van der Waals surface area contributed by atoms with E-state index < -0.39 is 5.97 Å². The largest absolute Gasteiger partial charge is 0.489 e. The Bertz CT molecular complexity index is 672. The molecule has 0 radical (unpaired) electrons. The fourth-order valence-corrected chi connectivity index (χ4v) is 1.99. The van der Waals surface area contributed by atoms with Gasteiger partial charge in [-0.1, -0.05) is 35.9 Å². The highest BCUT2D eigenvalue weighted by atomic mass is 16.5. The number of aliphatic carboxylic acids is 1. The molecule has 0 aliphatic carbocycles. The van der Waals surface area contributed by atoms with Gasteiger partial charge >= 0.3 is 5.97 Å². The molecule has 2 aromatic carbocycles. The van der Waals surface area contributed by atoms with Gasteiger partial charge in [0.2, 0.25) is 0 Å². The zero-order valence-corrected chi connectivity index (χ0v) is 12.2. The maximum Gasteiger partial charge on any atom is 0.328 e. The minimum absolute atomic E-state index is 0.500. The smallest absolute Gasteiger partial charge is 0.328 e. The van der Waals surface area contributed by atoms with Crippen LogP contribution in [0.2, 0.25) is 0 Å². The second-order valence-electron chi connectivity index (χ2n) is 4.96. The van der Waals surface area contributed by atoms with Crippen molar-refractivity contribution < 1.29 is 14.6 Å². The fourth-order valence-electron chi connectivity index (χ4n) is 1.99. The Morgan fingerprint density at radius 1 is 1.19 bits per heavy atom. The number of benzene rings is 2. The molecule has 0 atom stereocenters. The lowest BCUT2D eigenvalue weighted by Gasteiger charge is -2.10. The number of aryl methyl sites for hydroxylation is 2. The van der Waals surface area contributed by atoms with E-state index in [2.05, 4.69) is 32.0 Å². The Balaban J connectivity index is 2.08. The molecule has 0 saturated carbocycles. The summed E-state index contributed by atoms with van der Waals surface area (Å²) in [5.74, 6) is -0.236. The molecule has 3 nitrogen and oxygen atoms in total. The molecule has 0 fully saturated rings. The summed E-state index contributed by atoms with van der Waals surface area (Å²) in [6.07, 6.45) is 2.66. The third kappa shape index (κ3) is 4.49. The molecule has 0 saturated heterocycles. The van der Waals surface area contributed by atoms with Crippen LogP contribution in [-0.2, 0) is 11.4 Å². The van der Waals surface area contributed by atoms with Crippen LogP contribution in [-0.4, -0.2) is 11.1 Å². The van der Waals surface area contributed by atoms with Crippen molar-refractivity contribution in [1.82, 2.24) is 0 Å². The maximum atomic E-state index is 10.5. The van der Waals surface area contributed by atoms with Gasteiger partial charge in [0, 0.05) is 6.08 Å². The maximum absolute atomic E-state index is 10.5. The molecule has 0 aliphatic heterocycles. The van der Waals surface area contributed by atoms with E-state index in [0.29, 0.717) is 6.61 Å². The zero-order valence-electron chi connectivity index (χ0n) is 12.2.